The van der Waals surface area contributed by atoms with Crippen molar-refractivity contribution < 1.29 is 4.79 Å². The first-order chi connectivity index (χ1) is 9.11. The van der Waals surface area contributed by atoms with E-state index in [1.807, 2.05) is 6.92 Å². The topological polar surface area (TPSA) is 96.7 Å². The second kappa shape index (κ2) is 4.75. The number of fused-ring (bicyclic) bond motifs is 1. The molecule has 0 aromatic carbocycles. The average molecular weight is 277 g/mol. The molecule has 100 valence electrons. The SMILES string of the molecule is Cc1cc(C(=O)Nc2nc3c(s2)C[C@@H](N)CC3)n[nH]1. The zero-order valence-corrected chi connectivity index (χ0v) is 11.4. The number of rotatable bonds is 2. The minimum absolute atomic E-state index is 0.213. The van der Waals surface area contributed by atoms with Crippen molar-refractivity contribution in [2.24, 2.45) is 5.73 Å². The van der Waals surface area contributed by atoms with Crippen LogP contribution in [0.2, 0.25) is 0 Å². The third-order valence-electron chi connectivity index (χ3n) is 3.14. The Kier molecular flexibility index (Phi) is 3.08. The highest BCUT2D eigenvalue weighted by Gasteiger charge is 2.21. The number of hydrogen-bond donors (Lipinski definition) is 3. The van der Waals surface area contributed by atoms with E-state index in [1.54, 1.807) is 6.07 Å². The standard InChI is InChI=1S/C12H15N5OS/c1-6-4-9(17-16-6)11(18)15-12-14-8-3-2-7(13)5-10(8)19-12/h4,7H,2-3,5,13H2,1H3,(H,16,17)(H,14,15,18)/t7-/m0/s1. The third-order valence-corrected chi connectivity index (χ3v) is 4.17. The molecule has 1 aliphatic rings. The number of nitrogens with two attached hydrogens (primary N) is 1. The zero-order chi connectivity index (χ0) is 13.4. The molecule has 0 bridgehead atoms. The van der Waals surface area contributed by atoms with Crippen LogP contribution in [0.15, 0.2) is 6.07 Å². The Bertz CT molecular complexity index is 617. The molecule has 2 aromatic rings. The zero-order valence-electron chi connectivity index (χ0n) is 10.6. The Morgan fingerprint density at radius 3 is 3.21 bits per heavy atom. The normalized spacial score (nSPS) is 18.1. The van der Waals surface area contributed by atoms with Crippen molar-refractivity contribution in [1.82, 2.24) is 15.2 Å². The minimum Gasteiger partial charge on any atom is -0.327 e. The minimum atomic E-state index is -0.236. The van der Waals surface area contributed by atoms with Gasteiger partial charge in [-0.2, -0.15) is 5.10 Å². The van der Waals surface area contributed by atoms with Gasteiger partial charge in [-0.3, -0.25) is 15.2 Å². The van der Waals surface area contributed by atoms with Gasteiger partial charge in [0.1, 0.15) is 0 Å². The number of amides is 1. The number of anilines is 1. The predicted octanol–water partition coefficient (Wildman–Crippen LogP) is 1.24. The number of carbonyl (C=O) groups excluding carboxylic acids is 1. The molecule has 0 radical (unpaired) electrons. The summed E-state index contributed by atoms with van der Waals surface area (Å²) >= 11 is 1.51. The van der Waals surface area contributed by atoms with E-state index in [1.165, 1.54) is 16.2 Å². The van der Waals surface area contributed by atoms with Gasteiger partial charge in [-0.25, -0.2) is 4.98 Å². The molecule has 0 spiro atoms. The van der Waals surface area contributed by atoms with Gasteiger partial charge in [0.25, 0.3) is 5.91 Å². The molecule has 1 amide bonds. The van der Waals surface area contributed by atoms with Crippen LogP contribution in [0, 0.1) is 6.92 Å². The molecule has 1 aliphatic carbocycles. The van der Waals surface area contributed by atoms with Gasteiger partial charge in [0, 0.05) is 16.6 Å². The van der Waals surface area contributed by atoms with E-state index in [0.29, 0.717) is 10.8 Å². The lowest BCUT2D eigenvalue weighted by Gasteiger charge is -2.15. The molecule has 0 saturated carbocycles. The molecule has 0 unspecified atom stereocenters. The number of carbonyl (C=O) groups is 1. The van der Waals surface area contributed by atoms with Gasteiger partial charge >= 0.3 is 0 Å². The number of aromatic amines is 1. The number of hydrogen-bond acceptors (Lipinski definition) is 5. The van der Waals surface area contributed by atoms with Crippen molar-refractivity contribution in [3.8, 4) is 0 Å². The number of nitrogens with one attached hydrogen (secondary N) is 2. The second-order valence-electron chi connectivity index (χ2n) is 4.78. The van der Waals surface area contributed by atoms with E-state index in [4.69, 9.17) is 5.73 Å². The van der Waals surface area contributed by atoms with Crippen LogP contribution in [0.1, 0.15) is 33.2 Å². The van der Waals surface area contributed by atoms with Crippen LogP contribution in [0.3, 0.4) is 0 Å². The third kappa shape index (κ3) is 2.52. The van der Waals surface area contributed by atoms with E-state index in [-0.39, 0.29) is 11.9 Å². The van der Waals surface area contributed by atoms with Crippen LogP contribution in [-0.2, 0) is 12.8 Å². The Morgan fingerprint density at radius 1 is 1.63 bits per heavy atom. The van der Waals surface area contributed by atoms with Gasteiger partial charge in [-0.05, 0) is 32.3 Å². The van der Waals surface area contributed by atoms with E-state index < -0.39 is 0 Å². The molecule has 0 fully saturated rings. The molecular formula is C12H15N5OS. The summed E-state index contributed by atoms with van der Waals surface area (Å²) in [5, 5.41) is 10.1. The van der Waals surface area contributed by atoms with Crippen LogP contribution in [0.4, 0.5) is 5.13 Å². The quantitative estimate of drug-likeness (QED) is 0.769. The summed E-state index contributed by atoms with van der Waals surface area (Å²) in [5.74, 6) is -0.236. The van der Waals surface area contributed by atoms with Crippen LogP contribution >= 0.6 is 11.3 Å². The lowest BCUT2D eigenvalue weighted by atomic mass is 9.99. The number of thiazole rings is 1. The maximum Gasteiger partial charge on any atom is 0.277 e. The second-order valence-corrected chi connectivity index (χ2v) is 5.87. The molecule has 6 nitrogen and oxygen atoms in total. The summed E-state index contributed by atoms with van der Waals surface area (Å²) in [5.41, 5.74) is 8.23. The van der Waals surface area contributed by atoms with Crippen molar-refractivity contribution in [3.63, 3.8) is 0 Å². The van der Waals surface area contributed by atoms with Gasteiger partial charge < -0.3 is 5.73 Å². The summed E-state index contributed by atoms with van der Waals surface area (Å²) in [4.78, 5) is 17.6. The summed E-state index contributed by atoms with van der Waals surface area (Å²) in [6.07, 6.45) is 2.71. The number of H-pyrrole nitrogens is 1. The number of nitrogens with zero attached hydrogens (tertiary/aromatic N) is 2. The van der Waals surface area contributed by atoms with E-state index in [2.05, 4.69) is 20.5 Å². The first-order valence-electron chi connectivity index (χ1n) is 6.19. The fraction of sp³-hybridized carbons (Fsp3) is 0.417. The first kappa shape index (κ1) is 12.3. The average Bonchev–Trinajstić information content (AvgIpc) is 2.94. The van der Waals surface area contributed by atoms with Crippen molar-refractivity contribution in [1.29, 1.82) is 0 Å². The molecule has 0 saturated heterocycles. The highest BCUT2D eigenvalue weighted by molar-refractivity contribution is 7.15. The molecule has 2 heterocycles. The van der Waals surface area contributed by atoms with Crippen molar-refractivity contribution in [2.45, 2.75) is 32.2 Å². The lowest BCUT2D eigenvalue weighted by Crippen LogP contribution is -2.27. The lowest BCUT2D eigenvalue weighted by molar-refractivity contribution is 0.102. The molecule has 3 rings (SSSR count). The molecule has 7 heteroatoms. The van der Waals surface area contributed by atoms with E-state index in [0.717, 1.165) is 30.7 Å². The Labute approximate surface area is 114 Å². The molecule has 19 heavy (non-hydrogen) atoms. The Hall–Kier alpha value is -1.73. The largest absolute Gasteiger partial charge is 0.327 e. The Balaban J connectivity index is 1.75. The van der Waals surface area contributed by atoms with Gasteiger partial charge in [0.15, 0.2) is 10.8 Å². The highest BCUT2D eigenvalue weighted by Crippen LogP contribution is 2.29. The Morgan fingerprint density at radius 2 is 2.47 bits per heavy atom. The fourth-order valence-electron chi connectivity index (χ4n) is 2.15. The van der Waals surface area contributed by atoms with Gasteiger partial charge in [-0.1, -0.05) is 0 Å². The molecule has 0 aliphatic heterocycles. The maximum absolute atomic E-state index is 12.0. The van der Waals surface area contributed by atoms with Crippen LogP contribution in [0.5, 0.6) is 0 Å². The van der Waals surface area contributed by atoms with Gasteiger partial charge in [0.2, 0.25) is 0 Å². The van der Waals surface area contributed by atoms with Crippen LogP contribution in [0.25, 0.3) is 0 Å². The van der Waals surface area contributed by atoms with Crippen LogP contribution < -0.4 is 11.1 Å². The monoisotopic (exact) mass is 277 g/mol. The summed E-state index contributed by atoms with van der Waals surface area (Å²) in [6, 6.07) is 1.92. The molecule has 1 atom stereocenters. The summed E-state index contributed by atoms with van der Waals surface area (Å²) < 4.78 is 0. The van der Waals surface area contributed by atoms with Crippen molar-refractivity contribution >= 4 is 22.4 Å². The molecular weight excluding hydrogens is 262 g/mol. The number of aryl methyl sites for hydroxylation is 2. The maximum atomic E-state index is 12.0. The summed E-state index contributed by atoms with van der Waals surface area (Å²) in [6.45, 7) is 1.85. The van der Waals surface area contributed by atoms with Crippen molar-refractivity contribution in [3.05, 3.63) is 28.0 Å². The van der Waals surface area contributed by atoms with E-state index in [9.17, 15) is 4.79 Å². The van der Waals surface area contributed by atoms with E-state index >= 15 is 0 Å². The van der Waals surface area contributed by atoms with Crippen LogP contribution in [-0.4, -0.2) is 27.1 Å². The highest BCUT2D eigenvalue weighted by atomic mass is 32.1. The summed E-state index contributed by atoms with van der Waals surface area (Å²) in [7, 11) is 0. The fourth-order valence-corrected chi connectivity index (χ4v) is 3.25. The predicted molar refractivity (Wildman–Crippen MR) is 73.4 cm³/mol. The van der Waals surface area contributed by atoms with Gasteiger partial charge in [0.05, 0.1) is 5.69 Å². The molecule has 4 N–H and O–H groups in total. The van der Waals surface area contributed by atoms with Crippen molar-refractivity contribution in [2.75, 3.05) is 5.32 Å². The van der Waals surface area contributed by atoms with Gasteiger partial charge in [-0.15, -0.1) is 11.3 Å². The molecule has 2 aromatic heterocycles. The first-order valence-corrected chi connectivity index (χ1v) is 7.01. The number of aromatic nitrogens is 3. The smallest absolute Gasteiger partial charge is 0.277 e.